The Bertz CT molecular complexity index is 210. The molecule has 1 heterocycles. The summed E-state index contributed by atoms with van der Waals surface area (Å²) in [5.74, 6) is 0. The van der Waals surface area contributed by atoms with Crippen LogP contribution in [-0.2, 0) is 9.47 Å². The van der Waals surface area contributed by atoms with Gasteiger partial charge in [-0.25, -0.2) is 0 Å². The lowest BCUT2D eigenvalue weighted by atomic mass is 9.79. The number of nitrogens with one attached hydrogen (secondary N) is 1. The predicted octanol–water partition coefficient (Wildman–Crippen LogP) is 1.36. The Labute approximate surface area is 112 Å². The average Bonchev–Trinajstić information content (AvgIpc) is 2.35. The normalized spacial score (nSPS) is 19.7. The second-order valence-electron chi connectivity index (χ2n) is 5.74. The zero-order valence-electron chi connectivity index (χ0n) is 12.5. The molecule has 0 aromatic carbocycles. The van der Waals surface area contributed by atoms with Crippen LogP contribution in [0, 0.1) is 5.41 Å². The minimum Gasteiger partial charge on any atom is -0.384 e. The summed E-state index contributed by atoms with van der Waals surface area (Å²) in [6.45, 7) is 10.5. The van der Waals surface area contributed by atoms with Crippen molar-refractivity contribution >= 4 is 0 Å². The van der Waals surface area contributed by atoms with Crippen LogP contribution < -0.4 is 5.32 Å². The van der Waals surface area contributed by atoms with Crippen LogP contribution in [0.5, 0.6) is 0 Å². The molecule has 0 unspecified atom stereocenters. The fourth-order valence-corrected chi connectivity index (χ4v) is 2.77. The van der Waals surface area contributed by atoms with Gasteiger partial charge in [-0.2, -0.15) is 0 Å². The summed E-state index contributed by atoms with van der Waals surface area (Å²) in [5, 5.41) is 3.44. The van der Waals surface area contributed by atoms with Gasteiger partial charge in [-0.15, -0.1) is 0 Å². The molecule has 0 aromatic rings. The van der Waals surface area contributed by atoms with Gasteiger partial charge in [0.15, 0.2) is 0 Å². The fraction of sp³-hybridized carbons (Fsp3) is 1.00. The summed E-state index contributed by atoms with van der Waals surface area (Å²) >= 11 is 0. The summed E-state index contributed by atoms with van der Waals surface area (Å²) in [5.41, 5.74) is 0.317. The molecular formula is C14H30N2O2. The van der Waals surface area contributed by atoms with Gasteiger partial charge in [0.05, 0.1) is 13.2 Å². The highest BCUT2D eigenvalue weighted by molar-refractivity contribution is 4.88. The predicted molar refractivity (Wildman–Crippen MR) is 75.0 cm³/mol. The maximum atomic E-state index is 5.48. The van der Waals surface area contributed by atoms with Gasteiger partial charge in [-0.1, -0.05) is 0 Å². The fourth-order valence-electron chi connectivity index (χ4n) is 2.77. The highest BCUT2D eigenvalue weighted by Crippen LogP contribution is 2.30. The molecule has 4 nitrogen and oxygen atoms in total. The van der Waals surface area contributed by atoms with E-state index in [2.05, 4.69) is 24.1 Å². The van der Waals surface area contributed by atoms with Crippen LogP contribution >= 0.6 is 0 Å². The van der Waals surface area contributed by atoms with E-state index in [0.717, 1.165) is 39.4 Å². The highest BCUT2D eigenvalue weighted by Gasteiger charge is 2.34. The molecule has 0 bridgehead atoms. The molecule has 1 saturated heterocycles. The molecule has 108 valence electrons. The number of piperidine rings is 1. The third-order valence-corrected chi connectivity index (χ3v) is 3.97. The first-order valence-corrected chi connectivity index (χ1v) is 7.06. The Kier molecular flexibility index (Phi) is 7.15. The van der Waals surface area contributed by atoms with E-state index in [1.54, 1.807) is 7.11 Å². The van der Waals surface area contributed by atoms with Crippen LogP contribution in [0.15, 0.2) is 0 Å². The zero-order valence-corrected chi connectivity index (χ0v) is 12.5. The first-order chi connectivity index (χ1) is 8.63. The van der Waals surface area contributed by atoms with Gasteiger partial charge < -0.3 is 14.8 Å². The number of rotatable bonds is 8. The Balaban J connectivity index is 2.60. The van der Waals surface area contributed by atoms with E-state index >= 15 is 0 Å². The number of methoxy groups -OCH3 is 2. The van der Waals surface area contributed by atoms with Crippen molar-refractivity contribution < 1.29 is 9.47 Å². The Morgan fingerprint density at radius 3 is 2.33 bits per heavy atom. The van der Waals surface area contributed by atoms with Crippen LogP contribution in [0.2, 0.25) is 0 Å². The van der Waals surface area contributed by atoms with Gasteiger partial charge in [0.25, 0.3) is 0 Å². The lowest BCUT2D eigenvalue weighted by Gasteiger charge is -2.42. The summed E-state index contributed by atoms with van der Waals surface area (Å²) in [6, 6.07) is 0.559. The highest BCUT2D eigenvalue weighted by atomic mass is 16.5. The molecule has 0 aliphatic carbocycles. The second-order valence-corrected chi connectivity index (χ2v) is 5.74. The number of hydrogen-bond donors (Lipinski definition) is 1. The third kappa shape index (κ3) is 4.84. The van der Waals surface area contributed by atoms with Gasteiger partial charge in [0, 0.05) is 38.8 Å². The number of nitrogens with zero attached hydrogens (tertiary/aromatic N) is 1. The lowest BCUT2D eigenvalue weighted by Crippen LogP contribution is -2.49. The summed E-state index contributed by atoms with van der Waals surface area (Å²) in [6.07, 6.45) is 2.41. The third-order valence-electron chi connectivity index (χ3n) is 3.97. The van der Waals surface area contributed by atoms with Crippen LogP contribution in [0.4, 0.5) is 0 Å². The molecule has 1 N–H and O–H groups in total. The minimum absolute atomic E-state index is 0.317. The summed E-state index contributed by atoms with van der Waals surface area (Å²) in [4.78, 5) is 2.52. The molecule has 0 aromatic heterocycles. The maximum Gasteiger partial charge on any atom is 0.0589 e. The van der Waals surface area contributed by atoms with Gasteiger partial charge in [-0.05, 0) is 39.8 Å². The standard InChI is InChI=1S/C14H30N2O2/c1-13(2)16(9-10-17-3)11-14(12-18-4)5-7-15-8-6-14/h13,15H,5-12H2,1-4H3. The van der Waals surface area contributed by atoms with E-state index in [0.29, 0.717) is 11.5 Å². The first kappa shape index (κ1) is 15.9. The van der Waals surface area contributed by atoms with Crippen molar-refractivity contribution in [3.05, 3.63) is 0 Å². The Hall–Kier alpha value is -0.160. The molecular weight excluding hydrogens is 228 g/mol. The number of ether oxygens (including phenoxy) is 2. The van der Waals surface area contributed by atoms with Crippen LogP contribution in [-0.4, -0.2) is 64.6 Å². The summed E-state index contributed by atoms with van der Waals surface area (Å²) in [7, 11) is 3.59. The SMILES string of the molecule is COCCN(CC1(COC)CCNCC1)C(C)C. The molecule has 0 spiro atoms. The van der Waals surface area contributed by atoms with E-state index in [1.165, 1.54) is 12.8 Å². The van der Waals surface area contributed by atoms with Gasteiger partial charge in [0.2, 0.25) is 0 Å². The molecule has 1 rings (SSSR count). The Morgan fingerprint density at radius 1 is 1.17 bits per heavy atom. The molecule has 0 radical (unpaired) electrons. The lowest BCUT2D eigenvalue weighted by molar-refractivity contribution is 0.00731. The van der Waals surface area contributed by atoms with Crippen molar-refractivity contribution in [2.75, 3.05) is 53.6 Å². The van der Waals surface area contributed by atoms with Gasteiger partial charge >= 0.3 is 0 Å². The summed E-state index contributed by atoms with van der Waals surface area (Å²) < 4.78 is 10.7. The second kappa shape index (κ2) is 8.10. The van der Waals surface area contributed by atoms with Crippen molar-refractivity contribution in [2.45, 2.75) is 32.7 Å². The average molecular weight is 258 g/mol. The molecule has 4 heteroatoms. The van der Waals surface area contributed by atoms with Gasteiger partial charge in [-0.3, -0.25) is 4.90 Å². The molecule has 0 saturated carbocycles. The van der Waals surface area contributed by atoms with Gasteiger partial charge in [0.1, 0.15) is 0 Å². The maximum absolute atomic E-state index is 5.48. The van der Waals surface area contributed by atoms with Crippen molar-refractivity contribution in [3.8, 4) is 0 Å². The largest absolute Gasteiger partial charge is 0.384 e. The Morgan fingerprint density at radius 2 is 1.83 bits per heavy atom. The quantitative estimate of drug-likeness (QED) is 0.713. The molecule has 1 fully saturated rings. The monoisotopic (exact) mass is 258 g/mol. The van der Waals surface area contributed by atoms with Crippen LogP contribution in [0.3, 0.4) is 0 Å². The van der Waals surface area contributed by atoms with Crippen molar-refractivity contribution in [2.24, 2.45) is 5.41 Å². The minimum atomic E-state index is 0.317. The molecule has 1 aliphatic heterocycles. The van der Waals surface area contributed by atoms with E-state index in [1.807, 2.05) is 7.11 Å². The smallest absolute Gasteiger partial charge is 0.0589 e. The van der Waals surface area contributed by atoms with Crippen LogP contribution in [0.1, 0.15) is 26.7 Å². The van der Waals surface area contributed by atoms with Crippen LogP contribution in [0.25, 0.3) is 0 Å². The topological polar surface area (TPSA) is 33.7 Å². The number of hydrogen-bond acceptors (Lipinski definition) is 4. The van der Waals surface area contributed by atoms with E-state index in [9.17, 15) is 0 Å². The zero-order chi connectivity index (χ0) is 13.4. The van der Waals surface area contributed by atoms with Crippen molar-refractivity contribution in [1.82, 2.24) is 10.2 Å². The first-order valence-electron chi connectivity index (χ1n) is 7.06. The van der Waals surface area contributed by atoms with E-state index < -0.39 is 0 Å². The van der Waals surface area contributed by atoms with Crippen molar-refractivity contribution in [3.63, 3.8) is 0 Å². The van der Waals surface area contributed by atoms with Crippen molar-refractivity contribution in [1.29, 1.82) is 0 Å². The molecule has 0 amide bonds. The van der Waals surface area contributed by atoms with E-state index in [-0.39, 0.29) is 0 Å². The van der Waals surface area contributed by atoms with E-state index in [4.69, 9.17) is 9.47 Å². The molecule has 18 heavy (non-hydrogen) atoms. The molecule has 0 atom stereocenters. The molecule has 1 aliphatic rings.